The number of fused-ring (bicyclic) bond motifs is 1. The van der Waals surface area contributed by atoms with E-state index in [-0.39, 0.29) is 28.4 Å². The molecule has 1 fully saturated rings. The number of carbonyl (C=O) groups excluding carboxylic acids is 1. The molecule has 1 unspecified atom stereocenters. The molecule has 3 heterocycles. The van der Waals surface area contributed by atoms with Crippen molar-refractivity contribution in [3.8, 4) is 5.69 Å². The number of halogens is 2. The largest absolute Gasteiger partial charge is 0.444 e. The lowest BCUT2D eigenvalue weighted by Crippen LogP contribution is -2.54. The summed E-state index contributed by atoms with van der Waals surface area (Å²) < 4.78 is 27.5. The summed E-state index contributed by atoms with van der Waals surface area (Å²) in [5, 5.41) is 4.03. The number of oxazole rings is 1. The fourth-order valence-corrected chi connectivity index (χ4v) is 3.64. The lowest BCUT2D eigenvalue weighted by Gasteiger charge is -2.39. The van der Waals surface area contributed by atoms with E-state index in [1.54, 1.807) is 23.4 Å². The van der Waals surface area contributed by atoms with Gasteiger partial charge in [-0.1, -0.05) is 11.6 Å². The van der Waals surface area contributed by atoms with Gasteiger partial charge in [0.2, 0.25) is 0 Å². The molecular formula is C20H23ClFN5O3. The van der Waals surface area contributed by atoms with Crippen LogP contribution in [0.1, 0.15) is 27.7 Å². The Morgan fingerprint density at radius 3 is 2.77 bits per heavy atom. The number of amides is 1. The Bertz CT molecular complexity index is 1080. The first-order valence-electron chi connectivity index (χ1n) is 9.67. The van der Waals surface area contributed by atoms with Gasteiger partial charge in [0.25, 0.3) is 6.01 Å². The van der Waals surface area contributed by atoms with Gasteiger partial charge in [-0.15, -0.1) is 0 Å². The van der Waals surface area contributed by atoms with Crippen LogP contribution in [-0.4, -0.2) is 57.0 Å². The van der Waals surface area contributed by atoms with Crippen LogP contribution in [0.2, 0.25) is 5.02 Å². The predicted octanol–water partition coefficient (Wildman–Crippen LogP) is 4.25. The number of carbonyl (C=O) groups is 1. The maximum absolute atomic E-state index is 14.7. The second-order valence-corrected chi connectivity index (χ2v) is 8.69. The molecule has 1 atom stereocenters. The van der Waals surface area contributed by atoms with Crippen LogP contribution in [0.25, 0.3) is 16.8 Å². The van der Waals surface area contributed by atoms with E-state index in [9.17, 15) is 9.18 Å². The van der Waals surface area contributed by atoms with Gasteiger partial charge in [-0.25, -0.2) is 13.9 Å². The predicted molar refractivity (Wildman–Crippen MR) is 111 cm³/mol. The third kappa shape index (κ3) is 3.81. The van der Waals surface area contributed by atoms with E-state index in [1.807, 2.05) is 32.6 Å². The van der Waals surface area contributed by atoms with Crippen LogP contribution < -0.4 is 4.90 Å². The molecule has 0 saturated carbocycles. The van der Waals surface area contributed by atoms with Crippen molar-refractivity contribution in [2.24, 2.45) is 0 Å². The van der Waals surface area contributed by atoms with E-state index in [4.69, 9.17) is 20.8 Å². The summed E-state index contributed by atoms with van der Waals surface area (Å²) in [6.07, 6.45) is 2.81. The first-order chi connectivity index (χ1) is 14.1. The molecule has 0 bridgehead atoms. The molecule has 3 aromatic rings. The number of nitrogens with zero attached hydrogens (tertiary/aromatic N) is 5. The zero-order chi connectivity index (χ0) is 21.6. The highest BCUT2D eigenvalue weighted by Crippen LogP contribution is 2.34. The monoisotopic (exact) mass is 435 g/mol. The van der Waals surface area contributed by atoms with Crippen LogP contribution in [0.5, 0.6) is 0 Å². The lowest BCUT2D eigenvalue weighted by molar-refractivity contribution is 0.0216. The van der Waals surface area contributed by atoms with Crippen molar-refractivity contribution in [2.45, 2.75) is 39.3 Å². The maximum atomic E-state index is 14.7. The number of ether oxygens (including phenoxy) is 1. The number of hydrogen-bond donors (Lipinski definition) is 0. The van der Waals surface area contributed by atoms with Crippen LogP contribution in [0.4, 0.5) is 15.2 Å². The molecule has 10 heteroatoms. The van der Waals surface area contributed by atoms with E-state index in [0.717, 1.165) is 0 Å². The SMILES string of the molecule is CC1CN(C(=O)OC(C)(C)C)CCN1c1nc2cc(Cl)c(F)c(-n3cccn3)c2o1. The molecule has 0 radical (unpaired) electrons. The van der Waals surface area contributed by atoms with Crippen LogP contribution in [-0.2, 0) is 4.74 Å². The minimum atomic E-state index is -0.627. The Kier molecular flexibility index (Phi) is 5.09. The molecule has 4 rings (SSSR count). The molecule has 1 amide bonds. The summed E-state index contributed by atoms with van der Waals surface area (Å²) >= 11 is 6.07. The van der Waals surface area contributed by atoms with E-state index in [0.29, 0.717) is 31.2 Å². The summed E-state index contributed by atoms with van der Waals surface area (Å²) in [6, 6.07) is 3.39. The highest BCUT2D eigenvalue weighted by Gasteiger charge is 2.32. The van der Waals surface area contributed by atoms with Crippen LogP contribution >= 0.6 is 11.6 Å². The molecular weight excluding hydrogens is 413 g/mol. The number of benzene rings is 1. The van der Waals surface area contributed by atoms with Gasteiger partial charge < -0.3 is 19.0 Å². The number of piperazine rings is 1. The van der Waals surface area contributed by atoms with Crippen molar-refractivity contribution in [2.75, 3.05) is 24.5 Å². The summed E-state index contributed by atoms with van der Waals surface area (Å²) in [5.74, 6) is -0.627. The molecule has 30 heavy (non-hydrogen) atoms. The average molecular weight is 436 g/mol. The first-order valence-corrected chi connectivity index (χ1v) is 10.0. The summed E-state index contributed by atoms with van der Waals surface area (Å²) in [7, 11) is 0. The van der Waals surface area contributed by atoms with E-state index >= 15 is 0 Å². The van der Waals surface area contributed by atoms with Gasteiger partial charge in [-0.05, 0) is 39.8 Å². The summed E-state index contributed by atoms with van der Waals surface area (Å²) in [5.41, 5.74) is 0.256. The Morgan fingerprint density at radius 2 is 2.13 bits per heavy atom. The van der Waals surface area contributed by atoms with Crippen molar-refractivity contribution in [1.82, 2.24) is 19.7 Å². The van der Waals surface area contributed by atoms with Gasteiger partial charge in [0, 0.05) is 38.1 Å². The minimum Gasteiger partial charge on any atom is -0.444 e. The van der Waals surface area contributed by atoms with Crippen molar-refractivity contribution in [3.05, 3.63) is 35.4 Å². The molecule has 1 aliphatic heterocycles. The third-order valence-corrected chi connectivity index (χ3v) is 5.07. The molecule has 1 aromatic carbocycles. The number of anilines is 1. The molecule has 0 spiro atoms. The normalized spacial score (nSPS) is 17.6. The number of aromatic nitrogens is 3. The minimum absolute atomic E-state index is 0.0596. The lowest BCUT2D eigenvalue weighted by atomic mass is 10.2. The zero-order valence-electron chi connectivity index (χ0n) is 17.2. The van der Waals surface area contributed by atoms with Crippen molar-refractivity contribution >= 4 is 34.8 Å². The molecule has 160 valence electrons. The van der Waals surface area contributed by atoms with Gasteiger partial charge in [0.15, 0.2) is 11.4 Å². The maximum Gasteiger partial charge on any atom is 0.410 e. The van der Waals surface area contributed by atoms with Crippen molar-refractivity contribution in [3.63, 3.8) is 0 Å². The Labute approximate surface area is 178 Å². The molecule has 8 nitrogen and oxygen atoms in total. The van der Waals surface area contributed by atoms with E-state index < -0.39 is 11.4 Å². The third-order valence-electron chi connectivity index (χ3n) is 4.80. The fourth-order valence-electron chi connectivity index (χ4n) is 3.45. The van der Waals surface area contributed by atoms with Gasteiger partial charge in [-0.2, -0.15) is 10.1 Å². The highest BCUT2D eigenvalue weighted by atomic mass is 35.5. The summed E-state index contributed by atoms with van der Waals surface area (Å²) in [6.45, 7) is 8.89. The highest BCUT2D eigenvalue weighted by molar-refractivity contribution is 6.31. The second kappa shape index (κ2) is 7.46. The first kappa shape index (κ1) is 20.5. The Balaban J connectivity index is 1.62. The van der Waals surface area contributed by atoms with Crippen molar-refractivity contribution < 1.29 is 18.3 Å². The quantitative estimate of drug-likeness (QED) is 0.598. The van der Waals surface area contributed by atoms with Gasteiger partial charge >= 0.3 is 6.09 Å². The van der Waals surface area contributed by atoms with Crippen LogP contribution in [0.3, 0.4) is 0 Å². The molecule has 0 aliphatic carbocycles. The van der Waals surface area contributed by atoms with Gasteiger partial charge in [0.1, 0.15) is 16.8 Å². The smallest absolute Gasteiger partial charge is 0.410 e. The van der Waals surface area contributed by atoms with E-state index in [1.165, 1.54) is 10.7 Å². The second-order valence-electron chi connectivity index (χ2n) is 8.29. The van der Waals surface area contributed by atoms with Gasteiger partial charge in [0.05, 0.1) is 5.02 Å². The number of rotatable bonds is 2. The molecule has 2 aromatic heterocycles. The molecule has 1 saturated heterocycles. The summed E-state index contributed by atoms with van der Waals surface area (Å²) in [4.78, 5) is 20.5. The Morgan fingerprint density at radius 1 is 1.37 bits per heavy atom. The van der Waals surface area contributed by atoms with E-state index in [2.05, 4.69) is 10.1 Å². The van der Waals surface area contributed by atoms with Crippen molar-refractivity contribution in [1.29, 1.82) is 0 Å². The topological polar surface area (TPSA) is 76.6 Å². The fraction of sp³-hybridized carbons (Fsp3) is 0.450. The molecule has 1 aliphatic rings. The van der Waals surface area contributed by atoms with Gasteiger partial charge in [-0.3, -0.25) is 0 Å². The van der Waals surface area contributed by atoms with Crippen LogP contribution in [0, 0.1) is 5.82 Å². The Hall–Kier alpha value is -2.81. The number of hydrogen-bond acceptors (Lipinski definition) is 6. The average Bonchev–Trinajstić information content (AvgIpc) is 3.31. The van der Waals surface area contributed by atoms with Crippen LogP contribution in [0.15, 0.2) is 28.9 Å². The molecule has 0 N–H and O–H groups in total. The standard InChI is InChI=1S/C20H23ClFN5O3/c1-12-11-25(19(28)30-20(2,3)4)8-9-26(12)18-24-14-10-13(21)15(22)16(17(14)29-18)27-7-5-6-23-27/h5-7,10,12H,8-9,11H2,1-4H3. The zero-order valence-corrected chi connectivity index (χ0v) is 18.0.